The Kier molecular flexibility index (Phi) is 13.0. The van der Waals surface area contributed by atoms with Crippen molar-refractivity contribution in [3.63, 3.8) is 0 Å². The molecule has 24 rings (SSSR count). The zero-order valence-electron chi connectivity index (χ0n) is 81.0. The Morgan fingerprint density at radius 3 is 1.30 bits per heavy atom. The number of fused-ring (bicyclic) bond motifs is 15. The van der Waals surface area contributed by atoms with Crippen molar-refractivity contribution in [2.24, 2.45) is 0 Å². The lowest BCUT2D eigenvalue weighted by Crippen LogP contribution is -2.28. The van der Waals surface area contributed by atoms with Crippen molar-refractivity contribution in [3.8, 4) is 78.1 Å². The Morgan fingerprint density at radius 2 is 0.711 bits per heavy atom. The lowest BCUT2D eigenvalue weighted by atomic mass is 9.67. The molecule has 566 valence electrons. The highest BCUT2D eigenvalue weighted by Crippen LogP contribution is 2.61. The maximum absolute atomic E-state index is 9.98. The van der Waals surface area contributed by atoms with Crippen LogP contribution in [0.4, 0.5) is 17.1 Å². The third-order valence-corrected chi connectivity index (χ3v) is 26.0. The molecule has 0 saturated carbocycles. The molecule has 0 atom stereocenters. The van der Waals surface area contributed by atoms with Gasteiger partial charge in [0.25, 0.3) is 0 Å². The summed E-state index contributed by atoms with van der Waals surface area (Å²) in [6.45, 7) is 0. The molecule has 0 amide bonds. The van der Waals surface area contributed by atoms with Gasteiger partial charge in [-0.1, -0.05) is 369 Å². The van der Waals surface area contributed by atoms with E-state index < -0.39 is 101 Å². The van der Waals surface area contributed by atoms with Crippen LogP contribution in [-0.4, -0.2) is 9.13 Å². The highest BCUT2D eigenvalue weighted by atomic mass is 32.2. The average molecular weight is 1570 g/mol. The van der Waals surface area contributed by atoms with Gasteiger partial charge in [-0.25, -0.2) is 0 Å². The Labute approximate surface area is 730 Å². The second kappa shape index (κ2) is 28.4. The summed E-state index contributed by atoms with van der Waals surface area (Å²) in [4.78, 5) is 3.59. The molecule has 0 unspecified atom stereocenters. The van der Waals surface area contributed by atoms with Crippen LogP contribution in [0.1, 0.15) is 89.0 Å². The van der Waals surface area contributed by atoms with Crippen molar-refractivity contribution in [3.05, 3.63) is 522 Å². The van der Waals surface area contributed by atoms with Crippen molar-refractivity contribution in [1.82, 2.24) is 9.13 Å². The van der Waals surface area contributed by atoms with Gasteiger partial charge in [-0.15, -0.1) is 0 Å². The van der Waals surface area contributed by atoms with E-state index in [2.05, 4.69) is 301 Å². The van der Waals surface area contributed by atoms with E-state index in [4.69, 9.17) is 5.48 Å². The number of hydrogen-bond acceptors (Lipinski definition) is 2. The van der Waals surface area contributed by atoms with E-state index in [9.17, 15) is 16.4 Å². The minimum absolute atomic E-state index is 0.00406. The molecule has 0 fully saturated rings. The van der Waals surface area contributed by atoms with Crippen molar-refractivity contribution in [1.29, 1.82) is 0 Å². The van der Waals surface area contributed by atoms with Gasteiger partial charge in [0, 0.05) is 71.1 Å². The van der Waals surface area contributed by atoms with Gasteiger partial charge in [0.1, 0.15) is 0 Å². The van der Waals surface area contributed by atoms with Crippen LogP contribution in [0.25, 0.3) is 122 Å². The van der Waals surface area contributed by atoms with E-state index in [1.165, 1.54) is 16.3 Å². The fourth-order valence-electron chi connectivity index (χ4n) is 20.1. The number of anilines is 3. The smallest absolute Gasteiger partial charge is 0.0713 e. The van der Waals surface area contributed by atoms with Gasteiger partial charge < -0.3 is 14.0 Å². The molecular formula is C117H77N3S. The molecule has 2 heterocycles. The largest absolute Gasteiger partial charge is 0.309 e. The zero-order chi connectivity index (χ0) is 93.6. The molecule has 0 bridgehead atoms. The first-order chi connectivity index (χ1) is 66.7. The molecule has 121 heavy (non-hydrogen) atoms. The predicted octanol–water partition coefficient (Wildman–Crippen LogP) is 30.4. The van der Waals surface area contributed by atoms with Gasteiger partial charge in [-0.3, -0.25) is 0 Å². The molecular weight excluding hydrogens is 1480 g/mol. The standard InChI is InChI=1S/C117H77N3S/c1-6-34-82(35-7-1)116(83-36-8-2-9-37-83)106-58-25-20-49-96(106)103-73-78(63-66-108(103)116)92-56-32-57-93(79-64-67-109-104(74-79)97-50-21-26-59-107(97)117(109,84-38-10-3-11-39-84)85-40-12-4-13-41-85)115(92)118(87-44-30-33-80(69-87)114-101-54-18-16-47-94(101)95-48-17-19-55-102(95)114)89-70-81(77-65-68-113-105(72-77)100-53-24-29-62-112(100)119(113)86-42-14-5-15-43-86)71-91(76-89)121-90-46-31-45-88(75-90)120-110-60-27-22-51-98(110)99-52-23-28-61-111(99)120/h1-76,114H/i16D,17D,18D,19D,22D,23D,27D,28D,47D,48D,51D,52D,54D,55D,60D,61D. The first-order valence-electron chi connectivity index (χ1n) is 48.7. The van der Waals surface area contributed by atoms with Crippen LogP contribution in [0.2, 0.25) is 0 Å². The van der Waals surface area contributed by atoms with Gasteiger partial charge >= 0.3 is 0 Å². The monoisotopic (exact) mass is 1570 g/mol. The molecule has 0 N–H and O–H groups in total. The first kappa shape index (κ1) is 55.5. The SMILES string of the molecule is [2H]c1c([2H])c([2H])c2c(c1[2H])-c1c([2H])c([2H])c([2H])c([2H])c1C2c1cccc(N(c2cc(Sc3cccc(-n4c5c([2H])c([2H])c([2H])c([2H])c5c5c([2H])c([2H])c([2H])c([2H])c54)c3)cc(-c3ccc4c(c3)c3ccccc3n4-c3ccccc3)c2)c2c(-c3ccc4c(c3)-c3ccccc3C4(c3ccccc3)c3ccccc3)cccc2-c2ccc3c(c2)-c2ccccc2C3(c2ccccc2)c2ccccc2)c1. The van der Waals surface area contributed by atoms with Crippen molar-refractivity contribution in [2.45, 2.75) is 26.5 Å². The minimum Gasteiger partial charge on any atom is -0.309 e. The number of benzene rings is 19. The number of aromatic nitrogens is 2. The zero-order valence-corrected chi connectivity index (χ0v) is 65.8. The fourth-order valence-corrected chi connectivity index (χ4v) is 21.1. The number of para-hydroxylation sites is 5. The Bertz CT molecular complexity index is 8300. The quantitative estimate of drug-likeness (QED) is 0.101. The topological polar surface area (TPSA) is 13.1 Å². The lowest BCUT2D eigenvalue weighted by Gasteiger charge is -2.34. The van der Waals surface area contributed by atoms with Gasteiger partial charge in [0.2, 0.25) is 0 Å². The highest BCUT2D eigenvalue weighted by molar-refractivity contribution is 7.99. The second-order valence-electron chi connectivity index (χ2n) is 31.2. The van der Waals surface area contributed by atoms with E-state index in [1.54, 1.807) is 6.07 Å². The van der Waals surface area contributed by atoms with Crippen LogP contribution in [0.5, 0.6) is 0 Å². The fraction of sp³-hybridized carbons (Fsp3) is 0.0256. The molecule has 0 radical (unpaired) electrons. The summed E-state index contributed by atoms with van der Waals surface area (Å²) >= 11 is 1.41. The van der Waals surface area contributed by atoms with Crippen molar-refractivity contribution < 1.29 is 21.9 Å². The molecule has 19 aromatic carbocycles. The summed E-state index contributed by atoms with van der Waals surface area (Å²) in [5, 5.41) is 1.89. The number of hydrogen-bond donors (Lipinski definition) is 0. The summed E-state index contributed by atoms with van der Waals surface area (Å²) in [5.41, 5.74) is 22.0. The summed E-state index contributed by atoms with van der Waals surface area (Å²) in [6.07, 6.45) is 0. The molecule has 0 spiro atoms. The van der Waals surface area contributed by atoms with Crippen LogP contribution in [0, 0.1) is 0 Å². The lowest BCUT2D eigenvalue weighted by molar-refractivity contribution is 0.768. The molecule has 21 aromatic rings. The maximum atomic E-state index is 9.98. The summed E-state index contributed by atoms with van der Waals surface area (Å²) in [5.74, 6) is -1.19. The first-order valence-corrected chi connectivity index (χ1v) is 41.5. The van der Waals surface area contributed by atoms with E-state index in [1.807, 2.05) is 66.7 Å². The van der Waals surface area contributed by atoms with Gasteiger partial charge in [0.05, 0.1) is 60.5 Å². The third kappa shape index (κ3) is 10.9. The Morgan fingerprint density at radius 1 is 0.256 bits per heavy atom. The molecule has 4 heteroatoms. The summed E-state index contributed by atoms with van der Waals surface area (Å²) < 4.78 is 154. The predicted molar refractivity (Wildman–Crippen MR) is 504 cm³/mol. The molecule has 3 aliphatic carbocycles. The van der Waals surface area contributed by atoms with Crippen LogP contribution >= 0.6 is 11.8 Å². The van der Waals surface area contributed by atoms with Crippen molar-refractivity contribution >= 4 is 72.4 Å². The molecule has 3 nitrogen and oxygen atoms in total. The van der Waals surface area contributed by atoms with Crippen LogP contribution < -0.4 is 4.90 Å². The van der Waals surface area contributed by atoms with Gasteiger partial charge in [-0.2, -0.15) is 0 Å². The Hall–Kier alpha value is -15.1. The molecule has 0 saturated heterocycles. The van der Waals surface area contributed by atoms with E-state index in [-0.39, 0.29) is 56.1 Å². The van der Waals surface area contributed by atoms with E-state index in [0.717, 1.165) is 128 Å². The molecule has 0 aliphatic heterocycles. The van der Waals surface area contributed by atoms with Gasteiger partial charge in [-0.05, 0) is 220 Å². The maximum Gasteiger partial charge on any atom is 0.0713 e. The second-order valence-corrected chi connectivity index (χ2v) is 32.4. The van der Waals surface area contributed by atoms with Crippen LogP contribution in [0.15, 0.2) is 470 Å². The Balaban J connectivity index is 0.820. The number of nitrogens with zero attached hydrogens (tertiary/aromatic N) is 3. The average Bonchev–Trinajstić information content (AvgIpc) is 1.50. The van der Waals surface area contributed by atoms with Crippen LogP contribution in [-0.2, 0) is 10.8 Å². The number of rotatable bonds is 15. The third-order valence-electron chi connectivity index (χ3n) is 25.0. The van der Waals surface area contributed by atoms with Crippen LogP contribution in [0.3, 0.4) is 0 Å². The van der Waals surface area contributed by atoms with Gasteiger partial charge in [0.15, 0.2) is 0 Å². The minimum atomic E-state index is -1.19. The highest BCUT2D eigenvalue weighted by Gasteiger charge is 2.48. The summed E-state index contributed by atoms with van der Waals surface area (Å²) in [6, 6.07) is 120. The molecule has 3 aliphatic rings. The summed E-state index contributed by atoms with van der Waals surface area (Å²) in [7, 11) is 0. The van der Waals surface area contributed by atoms with Crippen molar-refractivity contribution in [2.75, 3.05) is 4.90 Å². The normalized spacial score (nSPS) is 15.1. The molecule has 2 aromatic heterocycles. The van der Waals surface area contributed by atoms with E-state index >= 15 is 0 Å². The van der Waals surface area contributed by atoms with E-state index in [0.29, 0.717) is 38.1 Å².